The van der Waals surface area contributed by atoms with Gasteiger partial charge in [0.1, 0.15) is 0 Å². The maximum absolute atomic E-state index is 4.83. The Morgan fingerprint density at radius 2 is 2.18 bits per heavy atom. The zero-order chi connectivity index (χ0) is 12.4. The fraction of sp³-hybridized carbons (Fsp3) is 0.769. The van der Waals surface area contributed by atoms with E-state index in [9.17, 15) is 0 Å². The molecule has 1 aromatic rings. The maximum atomic E-state index is 4.83. The van der Waals surface area contributed by atoms with Crippen LogP contribution in [0.25, 0.3) is 0 Å². The van der Waals surface area contributed by atoms with E-state index in [2.05, 4.69) is 38.0 Å². The Balaban J connectivity index is 2.13. The normalized spacial score (nSPS) is 15.6. The first-order valence-corrected chi connectivity index (χ1v) is 7.37. The van der Waals surface area contributed by atoms with Crippen LogP contribution >= 0.6 is 11.3 Å². The summed E-state index contributed by atoms with van der Waals surface area (Å²) in [5, 5.41) is 4.68. The van der Waals surface area contributed by atoms with Crippen molar-refractivity contribution >= 4 is 16.5 Å². The summed E-state index contributed by atoms with van der Waals surface area (Å²) in [6.07, 6.45) is 2.65. The summed E-state index contributed by atoms with van der Waals surface area (Å²) < 4.78 is 0. The smallest absolute Gasteiger partial charge is 0.185 e. The van der Waals surface area contributed by atoms with Gasteiger partial charge in [-0.2, -0.15) is 0 Å². The summed E-state index contributed by atoms with van der Waals surface area (Å²) in [4.78, 5) is 8.50. The average Bonchev–Trinajstić information content (AvgIpc) is 3.06. The predicted octanol–water partition coefficient (Wildman–Crippen LogP) is 2.97. The first kappa shape index (κ1) is 12.8. The topological polar surface area (TPSA) is 28.2 Å². The van der Waals surface area contributed by atoms with Gasteiger partial charge < -0.3 is 10.2 Å². The van der Waals surface area contributed by atoms with Crippen molar-refractivity contribution in [2.24, 2.45) is 0 Å². The molecule has 0 radical (unpaired) electrons. The average molecular weight is 253 g/mol. The molecule has 96 valence electrons. The monoisotopic (exact) mass is 253 g/mol. The van der Waals surface area contributed by atoms with Crippen molar-refractivity contribution < 1.29 is 0 Å². The lowest BCUT2D eigenvalue weighted by Gasteiger charge is -2.11. The third kappa shape index (κ3) is 3.19. The molecule has 3 nitrogen and oxygen atoms in total. The van der Waals surface area contributed by atoms with E-state index >= 15 is 0 Å². The van der Waals surface area contributed by atoms with Crippen LogP contribution in [-0.4, -0.2) is 24.6 Å². The summed E-state index contributed by atoms with van der Waals surface area (Å²) in [6.45, 7) is 8.55. The van der Waals surface area contributed by atoms with Crippen LogP contribution in [0.3, 0.4) is 0 Å². The lowest BCUT2D eigenvalue weighted by Crippen LogP contribution is -2.21. The summed E-state index contributed by atoms with van der Waals surface area (Å²) in [7, 11) is 2.12. The molecular formula is C13H23N3S. The van der Waals surface area contributed by atoms with Crippen LogP contribution in [-0.2, 0) is 6.54 Å². The lowest BCUT2D eigenvalue weighted by molar-refractivity contribution is 0.590. The van der Waals surface area contributed by atoms with Gasteiger partial charge in [-0.25, -0.2) is 4.98 Å². The molecular weight excluding hydrogens is 230 g/mol. The second kappa shape index (κ2) is 5.36. The summed E-state index contributed by atoms with van der Waals surface area (Å²) in [5.74, 6) is 0.745. The molecule has 17 heavy (non-hydrogen) atoms. The fourth-order valence-corrected chi connectivity index (χ4v) is 2.87. The number of rotatable bonds is 6. The molecule has 1 aliphatic rings. The molecule has 0 aromatic carbocycles. The van der Waals surface area contributed by atoms with Crippen LogP contribution in [0.15, 0.2) is 0 Å². The van der Waals surface area contributed by atoms with Gasteiger partial charge in [-0.05, 0) is 19.8 Å². The Bertz CT molecular complexity index is 369. The fourth-order valence-electron chi connectivity index (χ4n) is 1.75. The van der Waals surface area contributed by atoms with Gasteiger partial charge in [0, 0.05) is 37.0 Å². The number of anilines is 1. The molecule has 2 rings (SSSR count). The van der Waals surface area contributed by atoms with E-state index < -0.39 is 0 Å². The molecule has 0 bridgehead atoms. The van der Waals surface area contributed by atoms with E-state index in [1.165, 1.54) is 28.5 Å². The van der Waals surface area contributed by atoms with Crippen molar-refractivity contribution in [3.63, 3.8) is 0 Å². The minimum Gasteiger partial charge on any atom is -0.351 e. The first-order valence-electron chi connectivity index (χ1n) is 6.56. The van der Waals surface area contributed by atoms with Crippen LogP contribution in [0.4, 0.5) is 5.13 Å². The van der Waals surface area contributed by atoms with Gasteiger partial charge in [-0.3, -0.25) is 0 Å². The Hall–Kier alpha value is -0.610. The van der Waals surface area contributed by atoms with Gasteiger partial charge in [0.2, 0.25) is 0 Å². The molecule has 0 atom stereocenters. The zero-order valence-corrected chi connectivity index (χ0v) is 12.1. The molecule has 1 fully saturated rings. The van der Waals surface area contributed by atoms with Gasteiger partial charge in [-0.15, -0.1) is 11.3 Å². The highest BCUT2D eigenvalue weighted by Gasteiger charge is 2.29. The van der Waals surface area contributed by atoms with Crippen molar-refractivity contribution in [2.75, 3.05) is 18.5 Å². The minimum atomic E-state index is 0.538. The summed E-state index contributed by atoms with van der Waals surface area (Å²) >= 11 is 1.85. The van der Waals surface area contributed by atoms with Crippen molar-refractivity contribution in [1.29, 1.82) is 0 Å². The Morgan fingerprint density at radius 1 is 1.47 bits per heavy atom. The summed E-state index contributed by atoms with van der Waals surface area (Å²) in [5.41, 5.74) is 1.36. The van der Waals surface area contributed by atoms with Crippen LogP contribution in [0.1, 0.15) is 50.1 Å². The Kier molecular flexibility index (Phi) is 4.05. The highest BCUT2D eigenvalue weighted by Crippen LogP contribution is 2.44. The third-order valence-corrected chi connectivity index (χ3v) is 4.34. The number of nitrogens with zero attached hydrogens (tertiary/aromatic N) is 2. The van der Waals surface area contributed by atoms with Gasteiger partial charge in [0.05, 0.1) is 5.69 Å². The van der Waals surface area contributed by atoms with Crippen LogP contribution < -0.4 is 10.2 Å². The van der Waals surface area contributed by atoms with E-state index in [1.807, 2.05) is 11.3 Å². The molecule has 0 aliphatic heterocycles. The number of hydrogen-bond donors (Lipinski definition) is 1. The number of hydrogen-bond acceptors (Lipinski definition) is 4. The molecule has 1 N–H and O–H groups in total. The molecule has 1 saturated carbocycles. The van der Waals surface area contributed by atoms with Gasteiger partial charge in [0.15, 0.2) is 5.13 Å². The standard InChI is InChI=1S/C13H23N3S/c1-5-16(4)13-15-12(10-6-7-10)11(17-13)8-14-9(2)3/h9-10,14H,5-8H2,1-4H3. The second-order valence-electron chi connectivity index (χ2n) is 5.13. The van der Waals surface area contributed by atoms with Gasteiger partial charge in [-0.1, -0.05) is 13.8 Å². The third-order valence-electron chi connectivity index (χ3n) is 3.15. The lowest BCUT2D eigenvalue weighted by atomic mass is 10.2. The van der Waals surface area contributed by atoms with E-state index in [0.29, 0.717) is 6.04 Å². The van der Waals surface area contributed by atoms with Crippen molar-refractivity contribution in [3.8, 4) is 0 Å². The molecule has 1 heterocycles. The van der Waals surface area contributed by atoms with Crippen LogP contribution in [0.5, 0.6) is 0 Å². The predicted molar refractivity (Wildman–Crippen MR) is 75.0 cm³/mol. The van der Waals surface area contributed by atoms with Gasteiger partial charge in [0.25, 0.3) is 0 Å². The van der Waals surface area contributed by atoms with E-state index in [4.69, 9.17) is 4.98 Å². The molecule has 1 aliphatic carbocycles. The maximum Gasteiger partial charge on any atom is 0.185 e. The quantitative estimate of drug-likeness (QED) is 0.845. The molecule has 1 aromatic heterocycles. The number of thiazole rings is 1. The van der Waals surface area contributed by atoms with Gasteiger partial charge >= 0.3 is 0 Å². The molecule has 0 unspecified atom stereocenters. The largest absolute Gasteiger partial charge is 0.351 e. The van der Waals surface area contributed by atoms with E-state index in [1.54, 1.807) is 0 Å². The van der Waals surface area contributed by atoms with Crippen molar-refractivity contribution in [1.82, 2.24) is 10.3 Å². The molecule has 0 spiro atoms. The van der Waals surface area contributed by atoms with E-state index in [-0.39, 0.29) is 0 Å². The second-order valence-corrected chi connectivity index (χ2v) is 6.19. The minimum absolute atomic E-state index is 0.538. The van der Waals surface area contributed by atoms with Crippen LogP contribution in [0.2, 0.25) is 0 Å². The van der Waals surface area contributed by atoms with Crippen molar-refractivity contribution in [2.45, 2.75) is 52.1 Å². The van der Waals surface area contributed by atoms with Crippen LogP contribution in [0, 0.1) is 0 Å². The Morgan fingerprint density at radius 3 is 2.71 bits per heavy atom. The van der Waals surface area contributed by atoms with Crippen molar-refractivity contribution in [3.05, 3.63) is 10.6 Å². The SMILES string of the molecule is CCN(C)c1nc(C2CC2)c(CNC(C)C)s1. The summed E-state index contributed by atoms with van der Waals surface area (Å²) in [6, 6.07) is 0.538. The molecule has 4 heteroatoms. The zero-order valence-electron chi connectivity index (χ0n) is 11.3. The Labute approximate surface area is 108 Å². The van der Waals surface area contributed by atoms with E-state index in [0.717, 1.165) is 19.0 Å². The number of aromatic nitrogens is 1. The molecule has 0 amide bonds. The highest BCUT2D eigenvalue weighted by atomic mass is 32.1. The first-order chi connectivity index (χ1) is 8.11. The molecule has 0 saturated heterocycles. The number of nitrogens with one attached hydrogen (secondary N) is 1. The highest BCUT2D eigenvalue weighted by molar-refractivity contribution is 7.15.